The van der Waals surface area contributed by atoms with E-state index in [1.165, 1.54) is 10.8 Å². The highest BCUT2D eigenvalue weighted by molar-refractivity contribution is 6.17. The molecule has 2 aromatic rings. The molecule has 7 nitrogen and oxygen atoms in total. The molecule has 4 rings (SSSR count). The average molecular weight is 509 g/mol. The molecular weight excluding hydrogens is 485 g/mol. The lowest BCUT2D eigenvalue weighted by Crippen LogP contribution is -2.36. The number of alkyl halides is 4. The lowest BCUT2D eigenvalue weighted by Gasteiger charge is -2.22. The highest BCUT2D eigenvalue weighted by atomic mass is 35.5. The molecule has 1 aliphatic carbocycles. The number of benzene rings is 1. The molecule has 186 valence electrons. The summed E-state index contributed by atoms with van der Waals surface area (Å²) in [6.45, 7) is 2.57. The Morgan fingerprint density at radius 3 is 2.66 bits per heavy atom. The molecule has 0 bridgehead atoms. The van der Waals surface area contributed by atoms with E-state index in [4.69, 9.17) is 16.7 Å². The Morgan fingerprint density at radius 2 is 2.03 bits per heavy atom. The van der Waals surface area contributed by atoms with Gasteiger partial charge in [-0.3, -0.25) is 9.59 Å². The zero-order valence-electron chi connectivity index (χ0n) is 18.8. The number of aliphatic carboxylic acids is 1. The summed E-state index contributed by atoms with van der Waals surface area (Å²) in [6, 6.07) is 6.80. The first-order valence-electron chi connectivity index (χ1n) is 11.1. The molecule has 0 spiro atoms. The topological polar surface area (TPSA) is 87.5 Å². The van der Waals surface area contributed by atoms with E-state index in [2.05, 4.69) is 10.4 Å². The van der Waals surface area contributed by atoms with Crippen LogP contribution in [0, 0.1) is 5.92 Å². The van der Waals surface area contributed by atoms with Crippen LogP contribution in [0.5, 0.6) is 0 Å². The van der Waals surface area contributed by atoms with Crippen molar-refractivity contribution in [2.45, 2.75) is 44.5 Å². The van der Waals surface area contributed by atoms with Crippen LogP contribution in [0.15, 0.2) is 48.1 Å². The van der Waals surface area contributed by atoms with Crippen LogP contribution in [0.25, 0.3) is 0 Å². The van der Waals surface area contributed by atoms with Gasteiger partial charge < -0.3 is 15.3 Å². The second-order valence-corrected chi connectivity index (χ2v) is 8.85. The van der Waals surface area contributed by atoms with Crippen molar-refractivity contribution < 1.29 is 27.9 Å². The van der Waals surface area contributed by atoms with Crippen molar-refractivity contribution in [3.05, 3.63) is 70.5 Å². The number of allylic oxidation sites excluding steroid dienone is 1. The summed E-state index contributed by atoms with van der Waals surface area (Å²) in [5.41, 5.74) is 0.632. The number of rotatable bonds is 7. The number of hydrogen-bond acceptors (Lipinski definition) is 4. The predicted molar refractivity (Wildman–Crippen MR) is 124 cm³/mol. The summed E-state index contributed by atoms with van der Waals surface area (Å²) in [5.74, 6) is -2.08. The van der Waals surface area contributed by atoms with Crippen LogP contribution < -0.4 is 10.2 Å². The van der Waals surface area contributed by atoms with Gasteiger partial charge in [-0.2, -0.15) is 18.3 Å². The fourth-order valence-corrected chi connectivity index (χ4v) is 4.50. The predicted octanol–water partition coefficient (Wildman–Crippen LogP) is 4.37. The molecule has 1 unspecified atom stereocenters. The summed E-state index contributed by atoms with van der Waals surface area (Å²) in [7, 11) is 0. The monoisotopic (exact) mass is 508 g/mol. The first-order valence-corrected chi connectivity index (χ1v) is 11.6. The van der Waals surface area contributed by atoms with Crippen molar-refractivity contribution >= 4 is 29.3 Å². The molecule has 0 fully saturated rings. The zero-order chi connectivity index (χ0) is 25.3. The number of amides is 1. The molecule has 1 aromatic heterocycles. The van der Waals surface area contributed by atoms with Gasteiger partial charge in [0, 0.05) is 19.0 Å². The van der Waals surface area contributed by atoms with Gasteiger partial charge in [0.05, 0.1) is 18.5 Å². The molecule has 0 saturated heterocycles. The van der Waals surface area contributed by atoms with Crippen molar-refractivity contribution in [3.8, 4) is 0 Å². The van der Waals surface area contributed by atoms with Gasteiger partial charge in [-0.1, -0.05) is 42.5 Å². The van der Waals surface area contributed by atoms with E-state index in [0.717, 1.165) is 11.1 Å². The number of carboxylic acids is 1. The average Bonchev–Trinajstić information content (AvgIpc) is 3.39. The lowest BCUT2D eigenvalue weighted by molar-refractivity contribution is -0.142. The van der Waals surface area contributed by atoms with Gasteiger partial charge in [-0.05, 0) is 30.0 Å². The van der Waals surface area contributed by atoms with Crippen LogP contribution in [0.4, 0.5) is 19.0 Å². The standard InChI is InChI=1S/C24H24ClF3N4O3/c1-14(17-5-7-18(8-6-17)23(34)35)29-21(33)19-20(24(26,27)28)30-32-10-9-31(22(19)32)13-16-4-2-3-15(11-16)12-25/h2-7,11,14,18H,8-10,12-13H2,1H3,(H,29,33)(H,34,35)/t14-,18?/m0/s1. The Hall–Kier alpha value is -3.27. The Balaban J connectivity index is 1.61. The maximum Gasteiger partial charge on any atom is 0.436 e. The number of carbonyl (C=O) groups excluding carboxylic acids is 1. The zero-order valence-corrected chi connectivity index (χ0v) is 19.6. The summed E-state index contributed by atoms with van der Waals surface area (Å²) >= 11 is 5.91. The van der Waals surface area contributed by atoms with E-state index in [0.29, 0.717) is 24.5 Å². The number of halogens is 4. The second-order valence-electron chi connectivity index (χ2n) is 8.58. The van der Waals surface area contributed by atoms with Gasteiger partial charge in [-0.25, -0.2) is 4.68 Å². The number of nitrogens with one attached hydrogen (secondary N) is 1. The lowest BCUT2D eigenvalue weighted by atomic mass is 9.93. The number of aromatic nitrogens is 2. The molecule has 1 aliphatic heterocycles. The summed E-state index contributed by atoms with van der Waals surface area (Å²) in [4.78, 5) is 26.0. The number of fused-ring (bicyclic) bond motifs is 1. The molecule has 1 amide bonds. The van der Waals surface area contributed by atoms with E-state index in [-0.39, 0.29) is 18.8 Å². The van der Waals surface area contributed by atoms with Crippen molar-refractivity contribution in [1.82, 2.24) is 15.1 Å². The maximum atomic E-state index is 13.9. The molecule has 0 radical (unpaired) electrons. The van der Waals surface area contributed by atoms with Crippen LogP contribution in [0.2, 0.25) is 0 Å². The number of nitrogens with zero attached hydrogens (tertiary/aromatic N) is 3. The third-order valence-electron chi connectivity index (χ3n) is 6.11. The number of carbonyl (C=O) groups is 2. The quantitative estimate of drug-likeness (QED) is 0.542. The highest BCUT2D eigenvalue weighted by Gasteiger charge is 2.44. The van der Waals surface area contributed by atoms with Crippen LogP contribution in [0.3, 0.4) is 0 Å². The third kappa shape index (κ3) is 5.22. The van der Waals surface area contributed by atoms with E-state index in [1.54, 1.807) is 24.0 Å². The second kappa shape index (κ2) is 9.77. The van der Waals surface area contributed by atoms with Crippen LogP contribution in [-0.2, 0) is 29.9 Å². The fraction of sp³-hybridized carbons (Fsp3) is 0.375. The molecule has 2 heterocycles. The van der Waals surface area contributed by atoms with Gasteiger partial charge in [0.15, 0.2) is 5.69 Å². The molecule has 2 N–H and O–H groups in total. The fourth-order valence-electron chi connectivity index (χ4n) is 4.34. The van der Waals surface area contributed by atoms with E-state index >= 15 is 0 Å². The van der Waals surface area contributed by atoms with Crippen molar-refractivity contribution in [1.29, 1.82) is 0 Å². The molecule has 2 aliphatic rings. The first-order chi connectivity index (χ1) is 16.6. The van der Waals surface area contributed by atoms with Gasteiger partial charge in [0.2, 0.25) is 0 Å². The summed E-state index contributed by atoms with van der Waals surface area (Å²) in [5, 5.41) is 15.5. The SMILES string of the molecule is C[C@H](NC(=O)c1c(C(F)(F)F)nn2c1N(Cc1cccc(CCl)c1)CC2)C1=CCC(C(=O)O)C=C1. The third-order valence-corrected chi connectivity index (χ3v) is 6.42. The molecular formula is C24H24ClF3N4O3. The molecule has 11 heteroatoms. The van der Waals surface area contributed by atoms with Crippen molar-refractivity contribution in [2.75, 3.05) is 11.4 Å². The first kappa shape index (κ1) is 24.8. The van der Waals surface area contributed by atoms with Crippen molar-refractivity contribution in [2.24, 2.45) is 5.92 Å². The molecule has 35 heavy (non-hydrogen) atoms. The number of carboxylic acid groups (broad SMARTS) is 1. The van der Waals surface area contributed by atoms with E-state index in [1.807, 2.05) is 24.3 Å². The minimum absolute atomic E-state index is 0.123. The largest absolute Gasteiger partial charge is 0.481 e. The molecule has 0 saturated carbocycles. The van der Waals surface area contributed by atoms with Gasteiger partial charge >= 0.3 is 12.1 Å². The number of hydrogen-bond donors (Lipinski definition) is 2. The maximum absolute atomic E-state index is 13.9. The summed E-state index contributed by atoms with van der Waals surface area (Å²) in [6.07, 6.45) is 0.197. The normalized spacial score (nSPS) is 18.3. The molecule has 2 atom stereocenters. The smallest absolute Gasteiger partial charge is 0.436 e. The van der Waals surface area contributed by atoms with Gasteiger partial charge in [-0.15, -0.1) is 11.6 Å². The Kier molecular flexibility index (Phi) is 6.93. The van der Waals surface area contributed by atoms with Crippen LogP contribution >= 0.6 is 11.6 Å². The minimum atomic E-state index is -4.81. The van der Waals surface area contributed by atoms with Crippen molar-refractivity contribution in [3.63, 3.8) is 0 Å². The Labute approximate surface area is 204 Å². The number of anilines is 1. The van der Waals surface area contributed by atoms with Crippen LogP contribution in [0.1, 0.15) is 40.5 Å². The van der Waals surface area contributed by atoms with Gasteiger partial charge in [0.1, 0.15) is 11.4 Å². The Morgan fingerprint density at radius 1 is 1.29 bits per heavy atom. The van der Waals surface area contributed by atoms with E-state index < -0.39 is 41.3 Å². The van der Waals surface area contributed by atoms with E-state index in [9.17, 15) is 22.8 Å². The summed E-state index contributed by atoms with van der Waals surface area (Å²) < 4.78 is 42.8. The van der Waals surface area contributed by atoms with Crippen LogP contribution in [-0.4, -0.2) is 39.4 Å². The highest BCUT2D eigenvalue weighted by Crippen LogP contribution is 2.38. The molecule has 1 aromatic carbocycles. The Bertz CT molecular complexity index is 1210. The minimum Gasteiger partial charge on any atom is -0.481 e. The van der Waals surface area contributed by atoms with Gasteiger partial charge in [0.25, 0.3) is 5.91 Å².